The Kier molecular flexibility index (Phi) is 4.71. The van der Waals surface area contributed by atoms with Gasteiger partial charge in [-0.05, 0) is 46.6 Å². The van der Waals surface area contributed by atoms with Crippen LogP contribution in [0.25, 0.3) is 12.2 Å². The lowest BCUT2D eigenvalue weighted by molar-refractivity contribution is 0.919. The Balaban J connectivity index is 1.34. The van der Waals surface area contributed by atoms with Crippen LogP contribution in [0.15, 0.2) is 70.9 Å². The molecule has 4 nitrogen and oxygen atoms in total. The molecule has 0 heterocycles. The molecule has 0 amide bonds. The first-order valence-electron chi connectivity index (χ1n) is 8.49. The van der Waals surface area contributed by atoms with Crippen molar-refractivity contribution in [1.29, 1.82) is 0 Å². The molecule has 0 saturated carbocycles. The number of thiocarbonyl (C=S) groups is 1. The molecule has 26 heavy (non-hydrogen) atoms. The van der Waals surface area contributed by atoms with E-state index < -0.39 is 0 Å². The van der Waals surface area contributed by atoms with Crippen LogP contribution < -0.4 is 10.9 Å². The minimum absolute atomic E-state index is 0.379. The number of nitrogens with zero attached hydrogens (tertiary/aromatic N) is 2. The van der Waals surface area contributed by atoms with Crippen LogP contribution in [0.2, 0.25) is 0 Å². The summed E-state index contributed by atoms with van der Waals surface area (Å²) in [7, 11) is 0. The smallest absolute Gasteiger partial charge is 0.207 e. The lowest BCUT2D eigenvalue weighted by Gasteiger charge is -2.13. The Morgan fingerprint density at radius 2 is 1.15 bits per heavy atom. The van der Waals surface area contributed by atoms with Crippen molar-refractivity contribution in [3.8, 4) is 0 Å². The van der Waals surface area contributed by atoms with Crippen LogP contribution in [0.1, 0.15) is 22.3 Å². The van der Waals surface area contributed by atoms with Gasteiger partial charge in [-0.25, -0.2) is 0 Å². The summed E-state index contributed by atoms with van der Waals surface area (Å²) in [5.74, 6) is 0. The topological polar surface area (TPSA) is 48.8 Å². The molecule has 0 aromatic heterocycles. The number of fused-ring (bicyclic) bond motifs is 2. The highest BCUT2D eigenvalue weighted by Gasteiger charge is 2.09. The van der Waals surface area contributed by atoms with Crippen LogP contribution in [-0.4, -0.2) is 16.5 Å². The van der Waals surface area contributed by atoms with Crippen molar-refractivity contribution in [3.63, 3.8) is 0 Å². The third-order valence-electron chi connectivity index (χ3n) is 4.37. The van der Waals surface area contributed by atoms with Gasteiger partial charge >= 0.3 is 0 Å². The number of rotatable bonds is 2. The third kappa shape index (κ3) is 3.78. The van der Waals surface area contributed by atoms with E-state index >= 15 is 0 Å². The van der Waals surface area contributed by atoms with Crippen molar-refractivity contribution in [2.45, 2.75) is 12.8 Å². The van der Waals surface area contributed by atoms with Gasteiger partial charge in [0.15, 0.2) is 0 Å². The standard InChI is InChI=1S/C21H18N4S/c26-21(24-22-19-11-9-15-5-1-3-7-17(15)13-19)25-23-20-12-10-16-6-2-4-8-18(16)14-20/h1-12H,13-14H2,(H2,24,25,26). The van der Waals surface area contributed by atoms with Gasteiger partial charge in [-0.2, -0.15) is 10.2 Å². The monoisotopic (exact) mass is 358 g/mol. The van der Waals surface area contributed by atoms with Gasteiger partial charge in [-0.3, -0.25) is 10.9 Å². The summed E-state index contributed by atoms with van der Waals surface area (Å²) in [4.78, 5) is 0. The average Bonchev–Trinajstić information content (AvgIpc) is 2.70. The van der Waals surface area contributed by atoms with E-state index in [-0.39, 0.29) is 0 Å². The number of nitrogens with one attached hydrogen (secondary N) is 2. The SMILES string of the molecule is S=C(NN=C1C=Cc2ccccc2C1)NN=C1C=Cc2ccccc2C1. The van der Waals surface area contributed by atoms with Gasteiger partial charge in [0, 0.05) is 12.8 Å². The summed E-state index contributed by atoms with van der Waals surface area (Å²) in [5, 5.41) is 9.12. The minimum atomic E-state index is 0.379. The number of hydrazone groups is 2. The number of benzene rings is 2. The Bertz CT molecular complexity index is 892. The average molecular weight is 358 g/mol. The van der Waals surface area contributed by atoms with Gasteiger partial charge in [0.1, 0.15) is 0 Å². The molecule has 0 bridgehead atoms. The van der Waals surface area contributed by atoms with E-state index in [0.717, 1.165) is 24.3 Å². The second-order valence-electron chi connectivity index (χ2n) is 6.18. The van der Waals surface area contributed by atoms with Crippen molar-refractivity contribution in [2.75, 3.05) is 0 Å². The summed E-state index contributed by atoms with van der Waals surface area (Å²) in [5.41, 5.74) is 12.6. The van der Waals surface area contributed by atoms with Gasteiger partial charge in [0.05, 0.1) is 11.4 Å². The molecule has 2 aliphatic rings. The molecule has 4 rings (SSSR count). The lowest BCUT2D eigenvalue weighted by atomic mass is 9.96. The molecule has 0 atom stereocenters. The minimum Gasteiger partial charge on any atom is -0.252 e. The van der Waals surface area contributed by atoms with E-state index in [9.17, 15) is 0 Å². The predicted molar refractivity (Wildman–Crippen MR) is 112 cm³/mol. The summed E-state index contributed by atoms with van der Waals surface area (Å²) >= 11 is 5.26. The van der Waals surface area contributed by atoms with Gasteiger partial charge in [-0.15, -0.1) is 0 Å². The van der Waals surface area contributed by atoms with E-state index in [1.807, 2.05) is 36.4 Å². The van der Waals surface area contributed by atoms with Crippen molar-refractivity contribution < 1.29 is 0 Å². The van der Waals surface area contributed by atoms with Crippen LogP contribution in [-0.2, 0) is 12.8 Å². The van der Waals surface area contributed by atoms with Crippen molar-refractivity contribution in [1.82, 2.24) is 10.9 Å². The molecular formula is C21H18N4S. The quantitative estimate of drug-likeness (QED) is 0.636. The molecule has 0 unspecified atom stereocenters. The van der Waals surface area contributed by atoms with Crippen molar-refractivity contribution in [3.05, 3.63) is 82.9 Å². The van der Waals surface area contributed by atoms with Crippen molar-refractivity contribution >= 4 is 40.9 Å². The Hall–Kier alpha value is -3.05. The zero-order valence-electron chi connectivity index (χ0n) is 14.1. The van der Waals surface area contributed by atoms with Gasteiger partial charge in [-0.1, -0.05) is 60.7 Å². The zero-order valence-corrected chi connectivity index (χ0v) is 15.0. The predicted octanol–water partition coefficient (Wildman–Crippen LogP) is 3.70. The molecule has 2 aliphatic carbocycles. The first kappa shape index (κ1) is 16.4. The fourth-order valence-electron chi connectivity index (χ4n) is 3.02. The summed E-state index contributed by atoms with van der Waals surface area (Å²) in [6, 6.07) is 16.6. The molecule has 2 N–H and O–H groups in total. The molecule has 0 spiro atoms. The van der Waals surface area contributed by atoms with E-state index in [1.54, 1.807) is 0 Å². The Morgan fingerprint density at radius 3 is 1.65 bits per heavy atom. The van der Waals surface area contributed by atoms with Crippen LogP contribution >= 0.6 is 12.2 Å². The maximum atomic E-state index is 5.26. The number of hydrogen-bond donors (Lipinski definition) is 2. The van der Waals surface area contributed by atoms with Crippen LogP contribution in [0.5, 0.6) is 0 Å². The summed E-state index contributed by atoms with van der Waals surface area (Å²) in [6.07, 6.45) is 9.72. The van der Waals surface area contributed by atoms with E-state index in [1.165, 1.54) is 22.3 Å². The van der Waals surface area contributed by atoms with Crippen LogP contribution in [0, 0.1) is 0 Å². The molecular weight excluding hydrogens is 340 g/mol. The summed E-state index contributed by atoms with van der Waals surface area (Å²) in [6.45, 7) is 0. The van der Waals surface area contributed by atoms with Gasteiger partial charge in [0.2, 0.25) is 5.11 Å². The van der Waals surface area contributed by atoms with Gasteiger partial charge < -0.3 is 0 Å². The molecule has 0 aliphatic heterocycles. The second-order valence-corrected chi connectivity index (χ2v) is 6.59. The molecule has 5 heteroatoms. The van der Waals surface area contributed by atoms with Crippen LogP contribution in [0.3, 0.4) is 0 Å². The summed E-state index contributed by atoms with van der Waals surface area (Å²) < 4.78 is 0. The highest BCUT2D eigenvalue weighted by molar-refractivity contribution is 7.80. The van der Waals surface area contributed by atoms with E-state index in [0.29, 0.717) is 5.11 Å². The first-order valence-corrected chi connectivity index (χ1v) is 8.90. The fourth-order valence-corrected chi connectivity index (χ4v) is 3.11. The second kappa shape index (κ2) is 7.45. The zero-order chi connectivity index (χ0) is 17.8. The normalized spacial score (nSPS) is 17.7. The third-order valence-corrected chi connectivity index (χ3v) is 4.55. The number of hydrogen-bond acceptors (Lipinski definition) is 3. The molecule has 0 saturated heterocycles. The van der Waals surface area contributed by atoms with Gasteiger partial charge in [0.25, 0.3) is 0 Å². The molecule has 0 radical (unpaired) electrons. The molecule has 2 aromatic rings. The first-order chi connectivity index (χ1) is 12.8. The lowest BCUT2D eigenvalue weighted by Crippen LogP contribution is -2.30. The Labute approximate surface area is 158 Å². The van der Waals surface area contributed by atoms with E-state index in [4.69, 9.17) is 12.2 Å². The van der Waals surface area contributed by atoms with Crippen molar-refractivity contribution in [2.24, 2.45) is 10.2 Å². The highest BCUT2D eigenvalue weighted by atomic mass is 32.1. The van der Waals surface area contributed by atoms with Crippen LogP contribution in [0.4, 0.5) is 0 Å². The molecule has 128 valence electrons. The Morgan fingerprint density at radius 1 is 0.692 bits per heavy atom. The largest absolute Gasteiger partial charge is 0.252 e. The fraction of sp³-hybridized carbons (Fsp3) is 0.0952. The molecule has 0 fully saturated rings. The maximum Gasteiger partial charge on any atom is 0.207 e. The van der Waals surface area contributed by atoms with E-state index in [2.05, 4.69) is 57.5 Å². The maximum absolute atomic E-state index is 5.26. The number of allylic oxidation sites excluding steroid dienone is 2. The highest BCUT2D eigenvalue weighted by Crippen LogP contribution is 2.18. The molecule has 2 aromatic carbocycles.